The van der Waals surface area contributed by atoms with Gasteiger partial charge in [-0.15, -0.1) is 10.2 Å². The van der Waals surface area contributed by atoms with E-state index < -0.39 is 10.0 Å². The largest absolute Gasteiger partial charge is 0.493 e. The van der Waals surface area contributed by atoms with Crippen LogP contribution in [0.15, 0.2) is 34.3 Å². The zero-order valence-corrected chi connectivity index (χ0v) is 16.7. The molecule has 0 spiro atoms. The molecule has 0 unspecified atom stereocenters. The standard InChI is InChI=1S/C17H24N4O3S2/c1-20(2)26(22,23)15-9-7-14(8-10-15)24-12-13-25-17-19-18-16-6-4-3-5-11-21(16)17/h7-10H,3-6,11-13H2,1-2H3. The van der Waals surface area contributed by atoms with E-state index in [4.69, 9.17) is 4.74 Å². The Bertz CT molecular complexity index is 832. The van der Waals surface area contributed by atoms with Crippen LogP contribution in [-0.4, -0.2) is 53.9 Å². The highest BCUT2D eigenvalue weighted by atomic mass is 32.2. The Kier molecular flexibility index (Phi) is 6.20. The molecule has 2 aromatic rings. The van der Waals surface area contributed by atoms with Gasteiger partial charge in [0.1, 0.15) is 11.6 Å². The third-order valence-corrected chi connectivity index (χ3v) is 7.02. The van der Waals surface area contributed by atoms with Gasteiger partial charge in [0.2, 0.25) is 10.0 Å². The highest BCUT2D eigenvalue weighted by Crippen LogP contribution is 2.22. The Morgan fingerprint density at radius 2 is 1.92 bits per heavy atom. The maximum Gasteiger partial charge on any atom is 0.242 e. The molecule has 26 heavy (non-hydrogen) atoms. The number of nitrogens with zero attached hydrogens (tertiary/aromatic N) is 4. The van der Waals surface area contributed by atoms with Crippen LogP contribution in [0.3, 0.4) is 0 Å². The van der Waals surface area contributed by atoms with Crippen LogP contribution < -0.4 is 4.74 Å². The number of hydrogen-bond donors (Lipinski definition) is 0. The number of fused-ring (bicyclic) bond motifs is 1. The minimum absolute atomic E-state index is 0.260. The minimum atomic E-state index is -3.40. The fourth-order valence-electron chi connectivity index (χ4n) is 2.78. The first-order valence-electron chi connectivity index (χ1n) is 8.69. The van der Waals surface area contributed by atoms with Crippen LogP contribution in [0, 0.1) is 0 Å². The van der Waals surface area contributed by atoms with Crippen molar-refractivity contribution < 1.29 is 13.2 Å². The molecule has 1 aliphatic rings. The number of rotatable bonds is 7. The highest BCUT2D eigenvalue weighted by Gasteiger charge is 2.17. The lowest BCUT2D eigenvalue weighted by atomic mass is 10.2. The van der Waals surface area contributed by atoms with E-state index in [2.05, 4.69) is 14.8 Å². The quantitative estimate of drug-likeness (QED) is 0.528. The van der Waals surface area contributed by atoms with Gasteiger partial charge in [-0.25, -0.2) is 12.7 Å². The van der Waals surface area contributed by atoms with Gasteiger partial charge in [0, 0.05) is 32.8 Å². The van der Waals surface area contributed by atoms with Crippen LogP contribution in [0.25, 0.3) is 0 Å². The van der Waals surface area contributed by atoms with Gasteiger partial charge in [-0.05, 0) is 37.1 Å². The van der Waals surface area contributed by atoms with Crippen molar-refractivity contribution in [3.63, 3.8) is 0 Å². The van der Waals surface area contributed by atoms with Crippen molar-refractivity contribution in [3.05, 3.63) is 30.1 Å². The fourth-order valence-corrected chi connectivity index (χ4v) is 4.48. The zero-order valence-electron chi connectivity index (χ0n) is 15.1. The molecule has 0 saturated heterocycles. The highest BCUT2D eigenvalue weighted by molar-refractivity contribution is 7.99. The second kappa shape index (κ2) is 8.41. The summed E-state index contributed by atoms with van der Waals surface area (Å²) in [6, 6.07) is 6.50. The number of hydrogen-bond acceptors (Lipinski definition) is 6. The SMILES string of the molecule is CN(C)S(=O)(=O)c1ccc(OCCSc2nnc3n2CCCCC3)cc1. The zero-order chi connectivity index (χ0) is 18.6. The molecule has 0 bridgehead atoms. The molecule has 0 atom stereocenters. The number of sulfonamides is 1. The summed E-state index contributed by atoms with van der Waals surface area (Å²) in [5, 5.41) is 9.54. The minimum Gasteiger partial charge on any atom is -0.493 e. The van der Waals surface area contributed by atoms with Gasteiger partial charge in [0.25, 0.3) is 0 Å². The van der Waals surface area contributed by atoms with Gasteiger partial charge in [0.05, 0.1) is 11.5 Å². The Labute approximate surface area is 158 Å². The normalized spacial score (nSPS) is 14.9. The summed E-state index contributed by atoms with van der Waals surface area (Å²) in [6.45, 7) is 1.51. The lowest BCUT2D eigenvalue weighted by molar-refractivity contribution is 0.343. The summed E-state index contributed by atoms with van der Waals surface area (Å²) in [5.74, 6) is 2.50. The molecular weight excluding hydrogens is 372 g/mol. The molecule has 9 heteroatoms. The molecule has 0 fully saturated rings. The molecule has 0 amide bonds. The number of ether oxygens (including phenoxy) is 1. The van der Waals surface area contributed by atoms with E-state index in [0.717, 1.165) is 29.7 Å². The van der Waals surface area contributed by atoms with Crippen molar-refractivity contribution in [3.8, 4) is 5.75 Å². The van der Waals surface area contributed by atoms with Crippen molar-refractivity contribution >= 4 is 21.8 Å². The molecule has 1 aromatic heterocycles. The number of aromatic nitrogens is 3. The van der Waals surface area contributed by atoms with E-state index in [9.17, 15) is 8.42 Å². The van der Waals surface area contributed by atoms with E-state index in [-0.39, 0.29) is 4.90 Å². The van der Waals surface area contributed by atoms with Crippen molar-refractivity contribution in [2.75, 3.05) is 26.5 Å². The van der Waals surface area contributed by atoms with Crippen LogP contribution in [0.5, 0.6) is 5.75 Å². The average Bonchev–Trinajstić information content (AvgIpc) is 2.85. The van der Waals surface area contributed by atoms with E-state index in [1.807, 2.05) is 0 Å². The molecule has 0 radical (unpaired) electrons. The molecule has 1 aromatic carbocycles. The number of thioether (sulfide) groups is 1. The number of benzene rings is 1. The molecule has 1 aliphatic heterocycles. The monoisotopic (exact) mass is 396 g/mol. The first kappa shape index (κ1) is 19.2. The second-order valence-corrected chi connectivity index (χ2v) is 9.53. The van der Waals surface area contributed by atoms with Crippen molar-refractivity contribution in [2.45, 2.75) is 42.3 Å². The van der Waals surface area contributed by atoms with Crippen LogP contribution in [0.1, 0.15) is 25.1 Å². The van der Waals surface area contributed by atoms with Crippen molar-refractivity contribution in [2.24, 2.45) is 0 Å². The molecule has 0 N–H and O–H groups in total. The Morgan fingerprint density at radius 1 is 1.15 bits per heavy atom. The van der Waals surface area contributed by atoms with Gasteiger partial charge in [0.15, 0.2) is 5.16 Å². The molecule has 0 aliphatic carbocycles. The molecular formula is C17H24N4O3S2. The predicted molar refractivity (Wildman–Crippen MR) is 101 cm³/mol. The average molecular weight is 397 g/mol. The van der Waals surface area contributed by atoms with Crippen LogP contribution in [-0.2, 0) is 23.0 Å². The maximum absolute atomic E-state index is 12.0. The predicted octanol–water partition coefficient (Wildman–Crippen LogP) is 2.43. The lowest BCUT2D eigenvalue weighted by Crippen LogP contribution is -2.22. The third-order valence-electron chi connectivity index (χ3n) is 4.26. The molecule has 142 valence electrons. The third kappa shape index (κ3) is 4.39. The van der Waals surface area contributed by atoms with Gasteiger partial charge in [-0.2, -0.15) is 0 Å². The van der Waals surface area contributed by atoms with Gasteiger partial charge < -0.3 is 9.30 Å². The summed E-state index contributed by atoms with van der Waals surface area (Å²) in [6.07, 6.45) is 4.62. The Hall–Kier alpha value is -1.58. The maximum atomic E-state index is 12.0. The topological polar surface area (TPSA) is 77.3 Å². The summed E-state index contributed by atoms with van der Waals surface area (Å²) in [5.41, 5.74) is 0. The molecule has 3 rings (SSSR count). The summed E-state index contributed by atoms with van der Waals surface area (Å²) in [7, 11) is -0.373. The Morgan fingerprint density at radius 3 is 2.65 bits per heavy atom. The van der Waals surface area contributed by atoms with Crippen LogP contribution in [0.2, 0.25) is 0 Å². The van der Waals surface area contributed by atoms with E-state index in [0.29, 0.717) is 12.4 Å². The molecule has 0 saturated carbocycles. The van der Waals surface area contributed by atoms with E-state index in [1.54, 1.807) is 36.0 Å². The lowest BCUT2D eigenvalue weighted by Gasteiger charge is -2.12. The van der Waals surface area contributed by atoms with Crippen molar-refractivity contribution in [1.29, 1.82) is 0 Å². The smallest absolute Gasteiger partial charge is 0.242 e. The van der Waals surface area contributed by atoms with Crippen LogP contribution >= 0.6 is 11.8 Å². The first-order chi connectivity index (χ1) is 12.5. The number of aryl methyl sites for hydroxylation is 1. The summed E-state index contributed by atoms with van der Waals surface area (Å²) >= 11 is 1.64. The molecule has 7 nitrogen and oxygen atoms in total. The molecule has 2 heterocycles. The van der Waals surface area contributed by atoms with Gasteiger partial charge in [-0.1, -0.05) is 18.2 Å². The fraction of sp³-hybridized carbons (Fsp3) is 0.529. The Balaban J connectivity index is 1.51. The van der Waals surface area contributed by atoms with Crippen molar-refractivity contribution in [1.82, 2.24) is 19.1 Å². The first-order valence-corrected chi connectivity index (χ1v) is 11.1. The second-order valence-electron chi connectivity index (χ2n) is 6.32. The van der Waals surface area contributed by atoms with E-state index in [1.165, 1.54) is 37.7 Å². The van der Waals surface area contributed by atoms with Gasteiger partial charge >= 0.3 is 0 Å². The van der Waals surface area contributed by atoms with Gasteiger partial charge in [-0.3, -0.25) is 0 Å². The summed E-state index contributed by atoms with van der Waals surface area (Å²) < 4.78 is 33.2. The van der Waals surface area contributed by atoms with E-state index >= 15 is 0 Å². The van der Waals surface area contributed by atoms with Crippen LogP contribution in [0.4, 0.5) is 0 Å². The summed E-state index contributed by atoms with van der Waals surface area (Å²) in [4.78, 5) is 0.260.